The fraction of sp³-hybridized carbons (Fsp3) is 0.357. The Kier molecular flexibility index (Phi) is 2.70. The van der Waals surface area contributed by atoms with Crippen molar-refractivity contribution in [3.8, 4) is 0 Å². The highest BCUT2D eigenvalue weighted by molar-refractivity contribution is 6.50. The van der Waals surface area contributed by atoms with E-state index in [9.17, 15) is 9.59 Å². The number of piperidine rings is 1. The van der Waals surface area contributed by atoms with Crippen LogP contribution in [-0.4, -0.2) is 34.5 Å². The maximum absolute atomic E-state index is 11.8. The van der Waals surface area contributed by atoms with Crippen LogP contribution >= 0.6 is 0 Å². The topological polar surface area (TPSA) is 50.3 Å². The first-order valence-electron chi connectivity index (χ1n) is 6.28. The van der Waals surface area contributed by atoms with E-state index in [1.165, 1.54) is 12.5 Å². The lowest BCUT2D eigenvalue weighted by molar-refractivity contribution is -0.111. The van der Waals surface area contributed by atoms with Crippen LogP contribution in [0.4, 0.5) is 0 Å². The number of likely N-dealkylation sites (tertiary alicyclic amines) is 1. The Bertz CT molecular complexity index is 542. The molecule has 1 aliphatic carbocycles. The van der Waals surface area contributed by atoms with Crippen LogP contribution in [0.15, 0.2) is 24.4 Å². The van der Waals surface area contributed by atoms with E-state index >= 15 is 0 Å². The second kappa shape index (κ2) is 4.37. The Morgan fingerprint density at radius 3 is 2.67 bits per heavy atom. The minimum Gasteiger partial charge on any atom is -0.370 e. The van der Waals surface area contributed by atoms with Crippen molar-refractivity contribution in [2.75, 3.05) is 13.1 Å². The number of fused-ring (bicyclic) bond motifs is 1. The fourth-order valence-corrected chi connectivity index (χ4v) is 2.56. The van der Waals surface area contributed by atoms with Gasteiger partial charge in [0.25, 0.3) is 0 Å². The maximum atomic E-state index is 11.8. The van der Waals surface area contributed by atoms with E-state index in [2.05, 4.69) is 9.88 Å². The van der Waals surface area contributed by atoms with Gasteiger partial charge in [0.2, 0.25) is 11.6 Å². The number of rotatable bonds is 1. The molecule has 0 atom stereocenters. The molecule has 3 rings (SSSR count). The molecule has 92 valence electrons. The molecule has 2 aliphatic rings. The van der Waals surface area contributed by atoms with Gasteiger partial charge in [-0.15, -0.1) is 0 Å². The molecule has 0 N–H and O–H groups in total. The third-order valence-electron chi connectivity index (χ3n) is 3.48. The van der Waals surface area contributed by atoms with Crippen molar-refractivity contribution >= 4 is 17.3 Å². The highest BCUT2D eigenvalue weighted by Gasteiger charge is 2.29. The van der Waals surface area contributed by atoms with Gasteiger partial charge in [0, 0.05) is 25.4 Å². The Labute approximate surface area is 105 Å². The number of carbonyl (C=O) groups is 2. The number of aromatic nitrogens is 1. The third-order valence-corrected chi connectivity index (χ3v) is 3.48. The average Bonchev–Trinajstić information content (AvgIpc) is 2.44. The minimum absolute atomic E-state index is 0.434. The number of ketones is 2. The van der Waals surface area contributed by atoms with Crippen molar-refractivity contribution < 1.29 is 9.59 Å². The van der Waals surface area contributed by atoms with E-state index in [0.717, 1.165) is 31.6 Å². The Balaban J connectivity index is 2.05. The maximum Gasteiger partial charge on any atom is 0.235 e. The van der Waals surface area contributed by atoms with Gasteiger partial charge in [0.1, 0.15) is 0 Å². The molecule has 0 saturated carbocycles. The Morgan fingerprint density at radius 2 is 1.89 bits per heavy atom. The van der Waals surface area contributed by atoms with Gasteiger partial charge < -0.3 is 4.90 Å². The number of allylic oxidation sites excluding steroid dienone is 1. The van der Waals surface area contributed by atoms with E-state index < -0.39 is 11.6 Å². The molecule has 18 heavy (non-hydrogen) atoms. The van der Waals surface area contributed by atoms with Crippen molar-refractivity contribution in [2.24, 2.45) is 0 Å². The lowest BCUT2D eigenvalue weighted by atomic mass is 9.95. The summed E-state index contributed by atoms with van der Waals surface area (Å²) in [6.07, 6.45) is 6.59. The van der Waals surface area contributed by atoms with Gasteiger partial charge in [0.05, 0.1) is 17.0 Å². The van der Waals surface area contributed by atoms with Crippen LogP contribution in [0.2, 0.25) is 0 Å². The number of carbonyl (C=O) groups excluding carboxylic acids is 2. The second-order valence-electron chi connectivity index (χ2n) is 4.67. The van der Waals surface area contributed by atoms with Crippen molar-refractivity contribution in [1.82, 2.24) is 9.88 Å². The van der Waals surface area contributed by atoms with Crippen LogP contribution in [0, 0.1) is 0 Å². The summed E-state index contributed by atoms with van der Waals surface area (Å²) in [6, 6.07) is 3.38. The summed E-state index contributed by atoms with van der Waals surface area (Å²) >= 11 is 0. The van der Waals surface area contributed by atoms with E-state index in [4.69, 9.17) is 0 Å². The van der Waals surface area contributed by atoms with Crippen LogP contribution in [0.3, 0.4) is 0 Å². The van der Waals surface area contributed by atoms with Gasteiger partial charge >= 0.3 is 0 Å². The van der Waals surface area contributed by atoms with Gasteiger partial charge in [0.15, 0.2) is 0 Å². The van der Waals surface area contributed by atoms with Crippen LogP contribution < -0.4 is 0 Å². The number of hydrogen-bond donors (Lipinski definition) is 0. The van der Waals surface area contributed by atoms with Gasteiger partial charge in [-0.2, -0.15) is 0 Å². The quantitative estimate of drug-likeness (QED) is 0.703. The summed E-state index contributed by atoms with van der Waals surface area (Å²) in [4.78, 5) is 30.0. The van der Waals surface area contributed by atoms with Gasteiger partial charge in [-0.1, -0.05) is 0 Å². The molecule has 1 aliphatic heterocycles. The highest BCUT2D eigenvalue weighted by Crippen LogP contribution is 2.28. The third kappa shape index (κ3) is 1.74. The zero-order chi connectivity index (χ0) is 12.5. The largest absolute Gasteiger partial charge is 0.370 e. The summed E-state index contributed by atoms with van der Waals surface area (Å²) < 4.78 is 0. The van der Waals surface area contributed by atoms with Crippen LogP contribution in [0.1, 0.15) is 35.3 Å². The average molecular weight is 242 g/mol. The summed E-state index contributed by atoms with van der Waals surface area (Å²) in [7, 11) is 0. The normalized spacial score (nSPS) is 19.6. The van der Waals surface area contributed by atoms with Crippen LogP contribution in [0.5, 0.6) is 0 Å². The monoisotopic (exact) mass is 242 g/mol. The van der Waals surface area contributed by atoms with Gasteiger partial charge in [-0.25, -0.2) is 0 Å². The molecular weight excluding hydrogens is 228 g/mol. The Hall–Kier alpha value is -1.97. The Morgan fingerprint density at radius 1 is 1.11 bits per heavy atom. The van der Waals surface area contributed by atoms with Gasteiger partial charge in [-0.05, 0) is 31.4 Å². The first-order chi connectivity index (χ1) is 8.77. The fourth-order valence-electron chi connectivity index (χ4n) is 2.56. The number of hydrogen-bond acceptors (Lipinski definition) is 4. The first kappa shape index (κ1) is 11.1. The summed E-state index contributed by atoms with van der Waals surface area (Å²) in [5.41, 5.74) is 1.91. The summed E-state index contributed by atoms with van der Waals surface area (Å²) in [5, 5.41) is 0. The number of nitrogens with zero attached hydrogens (tertiary/aromatic N) is 2. The standard InChI is InChI=1S/C14H14N2O2/c17-12-9-11(16-7-2-1-3-8-16)13-10(14(12)18)5-4-6-15-13/h4-6,9H,1-3,7-8H2. The number of Topliss-reactive ketones (excluding diaryl/α,β-unsaturated/α-hetero) is 1. The zero-order valence-corrected chi connectivity index (χ0v) is 10.1. The van der Waals surface area contributed by atoms with Crippen molar-refractivity contribution in [2.45, 2.75) is 19.3 Å². The molecular formula is C14H14N2O2. The molecule has 0 unspecified atom stereocenters. The van der Waals surface area contributed by atoms with Crippen molar-refractivity contribution in [1.29, 1.82) is 0 Å². The van der Waals surface area contributed by atoms with Crippen molar-refractivity contribution in [3.63, 3.8) is 0 Å². The molecule has 2 heterocycles. The molecule has 4 heteroatoms. The molecule has 4 nitrogen and oxygen atoms in total. The van der Waals surface area contributed by atoms with E-state index in [-0.39, 0.29) is 0 Å². The molecule has 0 aromatic carbocycles. The molecule has 0 spiro atoms. The van der Waals surface area contributed by atoms with E-state index in [1.54, 1.807) is 18.3 Å². The predicted octanol–water partition coefficient (Wildman–Crippen LogP) is 1.67. The van der Waals surface area contributed by atoms with Crippen LogP contribution in [-0.2, 0) is 4.79 Å². The summed E-state index contributed by atoms with van der Waals surface area (Å²) in [6.45, 7) is 1.87. The van der Waals surface area contributed by atoms with Crippen LogP contribution in [0.25, 0.3) is 5.70 Å². The van der Waals surface area contributed by atoms with Gasteiger partial charge in [-0.3, -0.25) is 14.6 Å². The first-order valence-corrected chi connectivity index (χ1v) is 6.28. The number of pyridine rings is 1. The van der Waals surface area contributed by atoms with E-state index in [0.29, 0.717) is 11.3 Å². The minimum atomic E-state index is -0.446. The van der Waals surface area contributed by atoms with Crippen molar-refractivity contribution in [3.05, 3.63) is 35.7 Å². The SMILES string of the molecule is O=C1C=C(N2CCCCC2)c2ncccc2C1=O. The molecule has 0 amide bonds. The second-order valence-corrected chi connectivity index (χ2v) is 4.67. The zero-order valence-electron chi connectivity index (χ0n) is 10.1. The highest BCUT2D eigenvalue weighted by atomic mass is 16.2. The molecule has 1 aromatic heterocycles. The molecule has 0 bridgehead atoms. The molecule has 0 radical (unpaired) electrons. The molecule has 1 aromatic rings. The lowest BCUT2D eigenvalue weighted by Gasteiger charge is -2.32. The molecule has 1 fully saturated rings. The lowest BCUT2D eigenvalue weighted by Crippen LogP contribution is -2.32. The smallest absolute Gasteiger partial charge is 0.235 e. The summed E-state index contributed by atoms with van der Waals surface area (Å²) in [5.74, 6) is -0.880. The predicted molar refractivity (Wildman–Crippen MR) is 67.0 cm³/mol. The van der Waals surface area contributed by atoms with E-state index in [1.807, 2.05) is 0 Å². The molecule has 1 saturated heterocycles.